The Kier molecular flexibility index (Phi) is 4.12. The van der Waals surface area contributed by atoms with Crippen LogP contribution < -0.4 is 11.1 Å². The number of anilines is 2. The topological polar surface area (TPSA) is 71.2 Å². The summed E-state index contributed by atoms with van der Waals surface area (Å²) in [7, 11) is 0. The van der Waals surface area contributed by atoms with Crippen LogP contribution in [0.25, 0.3) is 0 Å². The second-order valence-electron chi connectivity index (χ2n) is 4.92. The van der Waals surface area contributed by atoms with Gasteiger partial charge in [-0.15, -0.1) is 0 Å². The van der Waals surface area contributed by atoms with Gasteiger partial charge in [0, 0.05) is 24.5 Å². The van der Waals surface area contributed by atoms with E-state index in [9.17, 15) is 5.11 Å². The number of rotatable bonds is 5. The van der Waals surface area contributed by atoms with E-state index in [1.807, 2.05) is 6.92 Å². The highest BCUT2D eigenvalue weighted by atomic mass is 16.3. The van der Waals surface area contributed by atoms with Gasteiger partial charge in [0.2, 0.25) is 0 Å². The van der Waals surface area contributed by atoms with E-state index in [4.69, 9.17) is 5.73 Å². The van der Waals surface area contributed by atoms with Crippen molar-refractivity contribution >= 4 is 11.5 Å². The molecule has 0 saturated carbocycles. The molecule has 16 heavy (non-hydrogen) atoms. The van der Waals surface area contributed by atoms with Crippen LogP contribution in [0.4, 0.5) is 11.5 Å². The van der Waals surface area contributed by atoms with Crippen LogP contribution in [0.1, 0.15) is 27.2 Å². The Labute approximate surface area is 96.9 Å². The number of pyridine rings is 1. The molecule has 1 unspecified atom stereocenters. The maximum atomic E-state index is 10.1. The SMILES string of the molecule is CC(C)CC(C)(O)CNc1cc(N)ccn1. The lowest BCUT2D eigenvalue weighted by atomic mass is 9.94. The van der Waals surface area contributed by atoms with Crippen molar-refractivity contribution in [3.63, 3.8) is 0 Å². The Bertz CT molecular complexity index is 337. The molecule has 1 atom stereocenters. The first-order chi connectivity index (χ1) is 7.39. The second kappa shape index (κ2) is 5.16. The summed E-state index contributed by atoms with van der Waals surface area (Å²) in [5.74, 6) is 1.16. The summed E-state index contributed by atoms with van der Waals surface area (Å²) >= 11 is 0. The summed E-state index contributed by atoms with van der Waals surface area (Å²) in [6.07, 6.45) is 2.40. The van der Waals surface area contributed by atoms with Crippen LogP contribution in [0.2, 0.25) is 0 Å². The van der Waals surface area contributed by atoms with Crippen molar-refractivity contribution in [2.45, 2.75) is 32.8 Å². The number of nitrogens with zero attached hydrogens (tertiary/aromatic N) is 1. The minimum absolute atomic E-state index is 0.464. The van der Waals surface area contributed by atoms with Gasteiger partial charge < -0.3 is 16.2 Å². The van der Waals surface area contributed by atoms with Crippen LogP contribution in [0.3, 0.4) is 0 Å². The molecule has 4 N–H and O–H groups in total. The maximum Gasteiger partial charge on any atom is 0.128 e. The van der Waals surface area contributed by atoms with Crippen LogP contribution in [0.5, 0.6) is 0 Å². The van der Waals surface area contributed by atoms with Gasteiger partial charge in [0.15, 0.2) is 0 Å². The highest BCUT2D eigenvalue weighted by Gasteiger charge is 2.21. The fraction of sp³-hybridized carbons (Fsp3) is 0.583. The Morgan fingerprint density at radius 3 is 2.81 bits per heavy atom. The van der Waals surface area contributed by atoms with Crippen LogP contribution in [0, 0.1) is 5.92 Å². The Hall–Kier alpha value is -1.29. The summed E-state index contributed by atoms with van der Waals surface area (Å²) in [6.45, 7) is 6.48. The van der Waals surface area contributed by atoms with Gasteiger partial charge in [-0.1, -0.05) is 13.8 Å². The van der Waals surface area contributed by atoms with E-state index in [2.05, 4.69) is 24.1 Å². The molecule has 0 radical (unpaired) electrons. The van der Waals surface area contributed by atoms with Gasteiger partial charge in [0.1, 0.15) is 5.82 Å². The molecule has 1 aromatic heterocycles. The number of aliphatic hydroxyl groups is 1. The Balaban J connectivity index is 2.50. The van der Waals surface area contributed by atoms with E-state index >= 15 is 0 Å². The van der Waals surface area contributed by atoms with Gasteiger partial charge >= 0.3 is 0 Å². The van der Waals surface area contributed by atoms with Crippen molar-refractivity contribution in [2.75, 3.05) is 17.6 Å². The van der Waals surface area contributed by atoms with Crippen molar-refractivity contribution in [1.82, 2.24) is 4.98 Å². The number of aromatic nitrogens is 1. The smallest absolute Gasteiger partial charge is 0.128 e. The number of hydrogen-bond donors (Lipinski definition) is 3. The number of nitrogen functional groups attached to an aromatic ring is 1. The minimum Gasteiger partial charge on any atom is -0.399 e. The maximum absolute atomic E-state index is 10.1. The van der Waals surface area contributed by atoms with Gasteiger partial charge in [-0.2, -0.15) is 0 Å². The van der Waals surface area contributed by atoms with Crippen molar-refractivity contribution in [1.29, 1.82) is 0 Å². The highest BCUT2D eigenvalue weighted by molar-refractivity contribution is 5.48. The van der Waals surface area contributed by atoms with Crippen LogP contribution >= 0.6 is 0 Å². The molecule has 1 heterocycles. The molecule has 0 aliphatic heterocycles. The third kappa shape index (κ3) is 4.49. The van der Waals surface area contributed by atoms with Crippen LogP contribution in [-0.4, -0.2) is 22.2 Å². The zero-order chi connectivity index (χ0) is 12.2. The van der Waals surface area contributed by atoms with Crippen LogP contribution in [-0.2, 0) is 0 Å². The Morgan fingerprint density at radius 1 is 1.56 bits per heavy atom. The standard InChI is InChI=1S/C12H21N3O/c1-9(2)7-12(3,16)8-15-11-6-10(13)4-5-14-11/h4-6,9,16H,7-8H2,1-3H3,(H3,13,14,15). The fourth-order valence-electron chi connectivity index (χ4n) is 1.78. The number of hydrogen-bond acceptors (Lipinski definition) is 4. The number of nitrogens with two attached hydrogens (primary N) is 1. The molecular weight excluding hydrogens is 202 g/mol. The minimum atomic E-state index is -0.722. The van der Waals surface area contributed by atoms with Crippen molar-refractivity contribution in [3.05, 3.63) is 18.3 Å². The largest absolute Gasteiger partial charge is 0.399 e. The summed E-state index contributed by atoms with van der Waals surface area (Å²) in [5.41, 5.74) is 5.58. The average Bonchev–Trinajstić information content (AvgIpc) is 2.13. The molecule has 0 fully saturated rings. The number of nitrogens with one attached hydrogen (secondary N) is 1. The lowest BCUT2D eigenvalue weighted by Gasteiger charge is -2.25. The van der Waals surface area contributed by atoms with Crippen molar-refractivity contribution in [2.24, 2.45) is 5.92 Å². The summed E-state index contributed by atoms with van der Waals surface area (Å²) < 4.78 is 0. The second-order valence-corrected chi connectivity index (χ2v) is 4.92. The molecule has 0 aliphatic rings. The molecule has 1 rings (SSSR count). The Morgan fingerprint density at radius 2 is 2.25 bits per heavy atom. The molecule has 0 amide bonds. The lowest BCUT2D eigenvalue weighted by molar-refractivity contribution is 0.0515. The van der Waals surface area contributed by atoms with E-state index in [1.165, 1.54) is 0 Å². The van der Waals surface area contributed by atoms with E-state index in [1.54, 1.807) is 18.3 Å². The van der Waals surface area contributed by atoms with Gasteiger partial charge in [-0.25, -0.2) is 4.98 Å². The third-order valence-electron chi connectivity index (χ3n) is 2.28. The summed E-state index contributed by atoms with van der Waals surface area (Å²) in [5, 5.41) is 13.2. The first-order valence-corrected chi connectivity index (χ1v) is 5.57. The molecule has 0 bridgehead atoms. The fourth-order valence-corrected chi connectivity index (χ4v) is 1.78. The molecule has 0 saturated heterocycles. The monoisotopic (exact) mass is 223 g/mol. The predicted octanol–water partition coefficient (Wildman–Crippen LogP) is 1.87. The van der Waals surface area contributed by atoms with Crippen molar-refractivity contribution < 1.29 is 5.11 Å². The molecule has 4 nitrogen and oxygen atoms in total. The zero-order valence-corrected chi connectivity index (χ0v) is 10.2. The predicted molar refractivity (Wildman–Crippen MR) is 67.2 cm³/mol. The quantitative estimate of drug-likeness (QED) is 0.712. The van der Waals surface area contributed by atoms with Crippen LogP contribution in [0.15, 0.2) is 18.3 Å². The molecule has 4 heteroatoms. The molecule has 0 aliphatic carbocycles. The molecular formula is C12H21N3O. The average molecular weight is 223 g/mol. The molecule has 0 spiro atoms. The van der Waals surface area contributed by atoms with Gasteiger partial charge in [-0.3, -0.25) is 0 Å². The molecule has 90 valence electrons. The van der Waals surface area contributed by atoms with E-state index in [0.29, 0.717) is 24.0 Å². The summed E-state index contributed by atoms with van der Waals surface area (Å²) in [4.78, 5) is 4.12. The van der Waals surface area contributed by atoms with Gasteiger partial charge in [0.05, 0.1) is 5.60 Å². The van der Waals surface area contributed by atoms with Gasteiger partial charge in [0.25, 0.3) is 0 Å². The molecule has 0 aromatic carbocycles. The zero-order valence-electron chi connectivity index (χ0n) is 10.2. The first kappa shape index (κ1) is 12.8. The van der Waals surface area contributed by atoms with Gasteiger partial charge in [-0.05, 0) is 25.3 Å². The normalized spacial score (nSPS) is 14.8. The lowest BCUT2D eigenvalue weighted by Crippen LogP contribution is -2.35. The van der Waals surface area contributed by atoms with E-state index in [0.717, 1.165) is 6.42 Å². The van der Waals surface area contributed by atoms with E-state index in [-0.39, 0.29) is 0 Å². The molecule has 1 aromatic rings. The van der Waals surface area contributed by atoms with Crippen molar-refractivity contribution in [3.8, 4) is 0 Å². The first-order valence-electron chi connectivity index (χ1n) is 5.57. The summed E-state index contributed by atoms with van der Waals surface area (Å²) in [6, 6.07) is 3.49. The highest BCUT2D eigenvalue weighted by Crippen LogP contribution is 2.17. The third-order valence-corrected chi connectivity index (χ3v) is 2.28. The van der Waals surface area contributed by atoms with E-state index < -0.39 is 5.60 Å².